The number of morpholine rings is 1. The molecule has 0 unspecified atom stereocenters. The van der Waals surface area contributed by atoms with Crippen LogP contribution < -0.4 is 15.4 Å². The molecule has 30 heavy (non-hydrogen) atoms. The van der Waals surface area contributed by atoms with E-state index in [1.54, 1.807) is 7.11 Å². The number of hydrogen-bond donors (Lipinski definition) is 2. The predicted octanol–water partition coefficient (Wildman–Crippen LogP) is 1.51. The number of methoxy groups -OCH3 is 1. The Balaban J connectivity index is 1.71. The third kappa shape index (κ3) is 10.8. The predicted molar refractivity (Wildman–Crippen MR) is 119 cm³/mol. The molecular formula is C22H38N4O4. The van der Waals surface area contributed by atoms with Crippen molar-refractivity contribution in [1.82, 2.24) is 15.5 Å². The molecule has 2 N–H and O–H groups in total. The van der Waals surface area contributed by atoms with Gasteiger partial charge in [-0.1, -0.05) is 12.1 Å². The summed E-state index contributed by atoms with van der Waals surface area (Å²) in [7, 11) is 1.68. The van der Waals surface area contributed by atoms with Gasteiger partial charge in [0, 0.05) is 46.4 Å². The van der Waals surface area contributed by atoms with Crippen molar-refractivity contribution < 1.29 is 18.9 Å². The van der Waals surface area contributed by atoms with E-state index in [9.17, 15) is 0 Å². The average Bonchev–Trinajstić information content (AvgIpc) is 2.78. The Hall–Kier alpha value is -1.87. The van der Waals surface area contributed by atoms with Gasteiger partial charge in [-0.15, -0.1) is 0 Å². The van der Waals surface area contributed by atoms with Gasteiger partial charge in [-0.3, -0.25) is 4.90 Å². The van der Waals surface area contributed by atoms with Crippen LogP contribution in [-0.2, 0) is 20.8 Å². The highest BCUT2D eigenvalue weighted by Crippen LogP contribution is 2.14. The zero-order valence-corrected chi connectivity index (χ0v) is 18.5. The molecule has 0 atom stereocenters. The molecule has 0 radical (unpaired) electrons. The maximum absolute atomic E-state index is 5.94. The molecule has 0 aliphatic carbocycles. The van der Waals surface area contributed by atoms with Gasteiger partial charge in [0.25, 0.3) is 0 Å². The second-order valence-electron chi connectivity index (χ2n) is 7.03. The number of benzene rings is 1. The lowest BCUT2D eigenvalue weighted by Crippen LogP contribution is -2.38. The number of nitrogens with zero attached hydrogens (tertiary/aromatic N) is 2. The summed E-state index contributed by atoms with van der Waals surface area (Å²) in [5, 5.41) is 6.63. The van der Waals surface area contributed by atoms with E-state index in [4.69, 9.17) is 18.9 Å². The molecule has 0 spiro atoms. The van der Waals surface area contributed by atoms with Gasteiger partial charge in [-0.2, -0.15) is 0 Å². The van der Waals surface area contributed by atoms with Crippen LogP contribution in [0.2, 0.25) is 0 Å². The van der Waals surface area contributed by atoms with Crippen LogP contribution in [0.3, 0.4) is 0 Å². The molecule has 1 fully saturated rings. The summed E-state index contributed by atoms with van der Waals surface area (Å²) < 4.78 is 21.8. The molecule has 0 amide bonds. The Bertz CT molecular complexity index is 594. The standard InChI is InChI=1S/C22H38N4O4/c1-3-23-22(24-8-5-12-28-17-16-27-2)25-19-20-6-4-7-21(18-20)30-15-11-26-9-13-29-14-10-26/h4,6-7,18H,3,5,8-17,19H2,1-2H3,(H2,23,24,25). The third-order valence-electron chi connectivity index (χ3n) is 4.63. The van der Waals surface area contributed by atoms with Gasteiger partial charge in [0.1, 0.15) is 12.4 Å². The van der Waals surface area contributed by atoms with Crippen LogP contribution in [0.1, 0.15) is 18.9 Å². The highest BCUT2D eigenvalue weighted by molar-refractivity contribution is 5.79. The van der Waals surface area contributed by atoms with E-state index in [-0.39, 0.29) is 0 Å². The molecule has 0 bridgehead atoms. The van der Waals surface area contributed by atoms with E-state index < -0.39 is 0 Å². The molecule has 0 saturated carbocycles. The SMILES string of the molecule is CCNC(=NCc1cccc(OCCN2CCOCC2)c1)NCCCOCCOC. The second kappa shape index (κ2) is 15.9. The van der Waals surface area contributed by atoms with Crippen LogP contribution in [0.25, 0.3) is 0 Å². The van der Waals surface area contributed by atoms with Crippen molar-refractivity contribution in [2.45, 2.75) is 19.9 Å². The Morgan fingerprint density at radius 1 is 1.13 bits per heavy atom. The molecule has 2 rings (SSSR count). The van der Waals surface area contributed by atoms with Crippen LogP contribution >= 0.6 is 0 Å². The molecule has 1 aliphatic rings. The van der Waals surface area contributed by atoms with E-state index in [2.05, 4.69) is 39.6 Å². The number of aliphatic imine (C=N–C) groups is 1. The van der Waals surface area contributed by atoms with E-state index >= 15 is 0 Å². The van der Waals surface area contributed by atoms with Crippen LogP contribution in [-0.4, -0.2) is 90.3 Å². The summed E-state index contributed by atoms with van der Waals surface area (Å²) >= 11 is 0. The van der Waals surface area contributed by atoms with Gasteiger partial charge in [0.05, 0.1) is 33.0 Å². The van der Waals surface area contributed by atoms with Crippen molar-refractivity contribution in [3.63, 3.8) is 0 Å². The molecule has 0 aromatic heterocycles. The lowest BCUT2D eigenvalue weighted by atomic mass is 10.2. The summed E-state index contributed by atoms with van der Waals surface area (Å²) in [5.74, 6) is 1.70. The molecule has 1 aromatic rings. The van der Waals surface area contributed by atoms with Crippen molar-refractivity contribution in [3.05, 3.63) is 29.8 Å². The van der Waals surface area contributed by atoms with Gasteiger partial charge in [-0.25, -0.2) is 4.99 Å². The number of ether oxygens (including phenoxy) is 4. The zero-order valence-electron chi connectivity index (χ0n) is 18.5. The fourth-order valence-electron chi connectivity index (χ4n) is 2.99. The fourth-order valence-corrected chi connectivity index (χ4v) is 2.99. The van der Waals surface area contributed by atoms with Crippen molar-refractivity contribution in [3.8, 4) is 5.75 Å². The molecular weight excluding hydrogens is 384 g/mol. The Morgan fingerprint density at radius 3 is 2.80 bits per heavy atom. The molecule has 1 heterocycles. The van der Waals surface area contributed by atoms with Crippen LogP contribution in [0, 0.1) is 0 Å². The first-order chi connectivity index (χ1) is 14.8. The minimum Gasteiger partial charge on any atom is -0.492 e. The van der Waals surface area contributed by atoms with E-state index in [0.717, 1.165) is 69.6 Å². The minimum absolute atomic E-state index is 0.598. The third-order valence-corrected chi connectivity index (χ3v) is 4.63. The number of guanidine groups is 1. The average molecular weight is 423 g/mol. The Kier molecular flexibility index (Phi) is 12.9. The van der Waals surface area contributed by atoms with Gasteiger partial charge >= 0.3 is 0 Å². The highest BCUT2D eigenvalue weighted by atomic mass is 16.5. The van der Waals surface area contributed by atoms with Crippen molar-refractivity contribution in [2.75, 3.05) is 79.5 Å². The smallest absolute Gasteiger partial charge is 0.191 e. The summed E-state index contributed by atoms with van der Waals surface area (Å²) in [6, 6.07) is 8.16. The molecule has 1 saturated heterocycles. The van der Waals surface area contributed by atoms with E-state index in [0.29, 0.717) is 33.0 Å². The number of rotatable bonds is 14. The number of nitrogens with one attached hydrogen (secondary N) is 2. The fraction of sp³-hybridized carbons (Fsp3) is 0.682. The van der Waals surface area contributed by atoms with Crippen LogP contribution in [0.15, 0.2) is 29.3 Å². The second-order valence-corrected chi connectivity index (χ2v) is 7.03. The van der Waals surface area contributed by atoms with E-state index in [1.165, 1.54) is 0 Å². The van der Waals surface area contributed by atoms with Crippen molar-refractivity contribution in [2.24, 2.45) is 4.99 Å². The first-order valence-electron chi connectivity index (χ1n) is 10.9. The molecule has 8 nitrogen and oxygen atoms in total. The summed E-state index contributed by atoms with van der Waals surface area (Å²) in [6.07, 6.45) is 0.917. The first kappa shape index (κ1) is 24.4. The quantitative estimate of drug-likeness (QED) is 0.267. The normalized spacial score (nSPS) is 15.2. The Morgan fingerprint density at radius 2 is 2.00 bits per heavy atom. The first-order valence-corrected chi connectivity index (χ1v) is 10.9. The molecule has 1 aromatic carbocycles. The van der Waals surface area contributed by atoms with Crippen molar-refractivity contribution in [1.29, 1.82) is 0 Å². The minimum atomic E-state index is 0.598. The monoisotopic (exact) mass is 422 g/mol. The lowest BCUT2D eigenvalue weighted by Gasteiger charge is -2.26. The van der Waals surface area contributed by atoms with Gasteiger partial charge in [0.15, 0.2) is 5.96 Å². The summed E-state index contributed by atoms with van der Waals surface area (Å²) in [5.41, 5.74) is 1.12. The van der Waals surface area contributed by atoms with Crippen molar-refractivity contribution >= 4 is 5.96 Å². The lowest BCUT2D eigenvalue weighted by molar-refractivity contribution is 0.0322. The molecule has 170 valence electrons. The summed E-state index contributed by atoms with van der Waals surface area (Å²) in [6.45, 7) is 11.5. The maximum Gasteiger partial charge on any atom is 0.191 e. The topological polar surface area (TPSA) is 76.6 Å². The van der Waals surface area contributed by atoms with Gasteiger partial charge in [-0.05, 0) is 31.0 Å². The van der Waals surface area contributed by atoms with Gasteiger partial charge in [0.2, 0.25) is 0 Å². The largest absolute Gasteiger partial charge is 0.492 e. The molecule has 8 heteroatoms. The zero-order chi connectivity index (χ0) is 21.3. The van der Waals surface area contributed by atoms with Crippen LogP contribution in [0.5, 0.6) is 5.75 Å². The Labute approximate surface area is 180 Å². The maximum atomic E-state index is 5.94. The van der Waals surface area contributed by atoms with Gasteiger partial charge < -0.3 is 29.6 Å². The summed E-state index contributed by atoms with van der Waals surface area (Å²) in [4.78, 5) is 7.05. The van der Waals surface area contributed by atoms with Crippen LogP contribution in [0.4, 0.5) is 0 Å². The number of hydrogen-bond acceptors (Lipinski definition) is 6. The molecule has 1 aliphatic heterocycles. The highest BCUT2D eigenvalue weighted by Gasteiger charge is 2.09. The van der Waals surface area contributed by atoms with E-state index in [1.807, 2.05) is 12.1 Å².